The van der Waals surface area contributed by atoms with E-state index < -0.39 is 0 Å². The molecular formula is C19H19Cl2N5. The predicted molar refractivity (Wildman–Crippen MR) is 107 cm³/mol. The first-order valence-electron chi connectivity index (χ1n) is 8.35. The van der Waals surface area contributed by atoms with Crippen LogP contribution in [0.3, 0.4) is 0 Å². The number of halogens is 2. The zero-order chi connectivity index (χ0) is 18.2. The summed E-state index contributed by atoms with van der Waals surface area (Å²) in [6, 6.07) is 15.6. The highest BCUT2D eigenvalue weighted by molar-refractivity contribution is 6.30. The fourth-order valence-corrected chi connectivity index (χ4v) is 2.93. The highest BCUT2D eigenvalue weighted by Gasteiger charge is 2.01. The highest BCUT2D eigenvalue weighted by atomic mass is 35.5. The quantitative estimate of drug-likeness (QED) is 0.596. The van der Waals surface area contributed by atoms with Gasteiger partial charge >= 0.3 is 0 Å². The molecule has 1 heterocycles. The minimum atomic E-state index is 0.500. The van der Waals surface area contributed by atoms with Gasteiger partial charge in [0.1, 0.15) is 0 Å². The van der Waals surface area contributed by atoms with Crippen LogP contribution in [0, 0.1) is 0 Å². The first kappa shape index (κ1) is 18.4. The lowest BCUT2D eigenvalue weighted by atomic mass is 10.1. The summed E-state index contributed by atoms with van der Waals surface area (Å²) in [7, 11) is 0. The van der Waals surface area contributed by atoms with Crippen molar-refractivity contribution in [3.63, 3.8) is 0 Å². The molecule has 0 aliphatic carbocycles. The van der Waals surface area contributed by atoms with Crippen molar-refractivity contribution in [3.05, 3.63) is 75.9 Å². The van der Waals surface area contributed by atoms with Crippen molar-refractivity contribution in [2.45, 2.75) is 12.8 Å². The Morgan fingerprint density at radius 2 is 1.42 bits per heavy atom. The van der Waals surface area contributed by atoms with Gasteiger partial charge in [-0.2, -0.15) is 10.1 Å². The molecule has 2 aromatic carbocycles. The minimum absolute atomic E-state index is 0.500. The van der Waals surface area contributed by atoms with Gasteiger partial charge in [-0.3, -0.25) is 0 Å². The fourth-order valence-electron chi connectivity index (χ4n) is 2.50. The second kappa shape index (κ2) is 9.36. The van der Waals surface area contributed by atoms with Crippen LogP contribution in [-0.2, 0) is 12.8 Å². The molecule has 0 amide bonds. The van der Waals surface area contributed by atoms with Crippen LogP contribution in [0.1, 0.15) is 11.1 Å². The molecule has 0 fully saturated rings. The van der Waals surface area contributed by atoms with Gasteiger partial charge in [0.05, 0.1) is 6.20 Å². The molecule has 3 aromatic rings. The predicted octanol–water partition coefficient (Wildman–Crippen LogP) is 4.49. The largest absolute Gasteiger partial charge is 0.368 e. The third-order valence-electron chi connectivity index (χ3n) is 3.75. The van der Waals surface area contributed by atoms with Crippen LogP contribution in [0.5, 0.6) is 0 Å². The summed E-state index contributed by atoms with van der Waals surface area (Å²) >= 11 is 12.0. The molecule has 0 bridgehead atoms. The Morgan fingerprint density at radius 1 is 0.808 bits per heavy atom. The third-order valence-corrected chi connectivity index (χ3v) is 4.22. The highest BCUT2D eigenvalue weighted by Crippen LogP contribution is 2.12. The second-order valence-electron chi connectivity index (χ2n) is 5.78. The Labute approximate surface area is 162 Å². The van der Waals surface area contributed by atoms with Gasteiger partial charge < -0.3 is 10.6 Å². The van der Waals surface area contributed by atoms with Gasteiger partial charge in [0, 0.05) is 23.1 Å². The Morgan fingerprint density at radius 3 is 2.04 bits per heavy atom. The van der Waals surface area contributed by atoms with E-state index in [4.69, 9.17) is 23.2 Å². The normalized spacial score (nSPS) is 10.5. The zero-order valence-electron chi connectivity index (χ0n) is 14.1. The van der Waals surface area contributed by atoms with Crippen LogP contribution in [0.4, 0.5) is 11.8 Å². The molecule has 5 nitrogen and oxygen atoms in total. The molecule has 0 aliphatic heterocycles. The maximum absolute atomic E-state index is 6.00. The van der Waals surface area contributed by atoms with Crippen molar-refractivity contribution >= 4 is 35.0 Å². The molecule has 0 atom stereocenters. The van der Waals surface area contributed by atoms with Crippen LogP contribution in [-0.4, -0.2) is 28.3 Å². The molecule has 26 heavy (non-hydrogen) atoms. The van der Waals surface area contributed by atoms with E-state index in [9.17, 15) is 0 Å². The lowest BCUT2D eigenvalue weighted by molar-refractivity contribution is 0.916. The number of hydrogen-bond donors (Lipinski definition) is 2. The van der Waals surface area contributed by atoms with E-state index in [2.05, 4.69) is 31.9 Å². The summed E-state index contributed by atoms with van der Waals surface area (Å²) in [5.41, 5.74) is 2.33. The molecule has 0 radical (unpaired) electrons. The van der Waals surface area contributed by atoms with Gasteiger partial charge in [0.15, 0.2) is 5.82 Å². The zero-order valence-corrected chi connectivity index (χ0v) is 15.6. The van der Waals surface area contributed by atoms with Crippen molar-refractivity contribution in [2.75, 3.05) is 23.7 Å². The van der Waals surface area contributed by atoms with Gasteiger partial charge in [0.2, 0.25) is 5.95 Å². The van der Waals surface area contributed by atoms with Crippen molar-refractivity contribution in [1.82, 2.24) is 15.2 Å². The average molecular weight is 388 g/mol. The Hall–Kier alpha value is -2.37. The Bertz CT molecular complexity index is 790. The first-order valence-corrected chi connectivity index (χ1v) is 9.11. The lowest BCUT2D eigenvalue weighted by Crippen LogP contribution is -2.12. The van der Waals surface area contributed by atoms with Crippen molar-refractivity contribution < 1.29 is 0 Å². The van der Waals surface area contributed by atoms with E-state index >= 15 is 0 Å². The lowest BCUT2D eigenvalue weighted by Gasteiger charge is -2.08. The van der Waals surface area contributed by atoms with Gasteiger partial charge in [-0.15, -0.1) is 5.10 Å². The van der Waals surface area contributed by atoms with E-state index in [0.29, 0.717) is 18.3 Å². The van der Waals surface area contributed by atoms with Crippen LogP contribution < -0.4 is 10.6 Å². The standard InChI is InChI=1S/C19H19Cl2N5/c20-16-5-1-3-14(11-16)7-9-22-18-13-24-26-19(25-18)23-10-8-15-4-2-6-17(21)12-15/h1-6,11-13H,7-10H2,(H2,22,23,25,26). The number of nitrogens with one attached hydrogen (secondary N) is 2. The molecule has 134 valence electrons. The van der Waals surface area contributed by atoms with Crippen LogP contribution in [0.15, 0.2) is 54.7 Å². The molecule has 0 aliphatic rings. The number of aromatic nitrogens is 3. The molecule has 0 unspecified atom stereocenters. The summed E-state index contributed by atoms with van der Waals surface area (Å²) in [6.07, 6.45) is 3.29. The number of rotatable bonds is 8. The van der Waals surface area contributed by atoms with Gasteiger partial charge in [-0.1, -0.05) is 47.5 Å². The molecule has 0 spiro atoms. The molecular weight excluding hydrogens is 369 g/mol. The smallest absolute Gasteiger partial charge is 0.244 e. The topological polar surface area (TPSA) is 62.7 Å². The van der Waals surface area contributed by atoms with Crippen molar-refractivity contribution in [1.29, 1.82) is 0 Å². The van der Waals surface area contributed by atoms with E-state index in [1.807, 2.05) is 42.5 Å². The van der Waals surface area contributed by atoms with Crippen molar-refractivity contribution in [2.24, 2.45) is 0 Å². The average Bonchev–Trinajstić information content (AvgIpc) is 2.62. The number of benzene rings is 2. The third kappa shape index (κ3) is 5.86. The maximum atomic E-state index is 6.00. The van der Waals surface area contributed by atoms with E-state index in [1.165, 1.54) is 5.56 Å². The SMILES string of the molecule is Clc1cccc(CCNc2cnnc(NCCc3cccc(Cl)c3)n2)c1. The molecule has 0 saturated heterocycles. The number of hydrogen-bond acceptors (Lipinski definition) is 5. The molecule has 2 N–H and O–H groups in total. The van der Waals surface area contributed by atoms with E-state index in [0.717, 1.165) is 35.0 Å². The molecule has 0 saturated carbocycles. The second-order valence-corrected chi connectivity index (χ2v) is 6.65. The molecule has 1 aromatic heterocycles. The van der Waals surface area contributed by atoms with Gasteiger partial charge in [-0.25, -0.2) is 0 Å². The van der Waals surface area contributed by atoms with Crippen LogP contribution in [0.2, 0.25) is 10.0 Å². The number of anilines is 2. The van der Waals surface area contributed by atoms with E-state index in [-0.39, 0.29) is 0 Å². The van der Waals surface area contributed by atoms with Crippen LogP contribution in [0.25, 0.3) is 0 Å². The first-order chi connectivity index (χ1) is 12.7. The van der Waals surface area contributed by atoms with Crippen LogP contribution >= 0.6 is 23.2 Å². The number of nitrogens with zero attached hydrogens (tertiary/aromatic N) is 3. The monoisotopic (exact) mass is 387 g/mol. The summed E-state index contributed by atoms with van der Waals surface area (Å²) in [5, 5.41) is 15.9. The summed E-state index contributed by atoms with van der Waals surface area (Å²) < 4.78 is 0. The fraction of sp³-hybridized carbons (Fsp3) is 0.211. The minimum Gasteiger partial charge on any atom is -0.368 e. The molecule has 7 heteroatoms. The Kier molecular flexibility index (Phi) is 6.63. The van der Waals surface area contributed by atoms with E-state index in [1.54, 1.807) is 6.20 Å². The molecule has 3 rings (SSSR count). The summed E-state index contributed by atoms with van der Waals surface area (Å²) in [6.45, 7) is 1.44. The summed E-state index contributed by atoms with van der Waals surface area (Å²) in [4.78, 5) is 4.42. The summed E-state index contributed by atoms with van der Waals surface area (Å²) in [5.74, 6) is 1.19. The van der Waals surface area contributed by atoms with Crippen molar-refractivity contribution in [3.8, 4) is 0 Å². The maximum Gasteiger partial charge on any atom is 0.244 e. The Balaban J connectivity index is 1.46. The van der Waals surface area contributed by atoms with Gasteiger partial charge in [0.25, 0.3) is 0 Å². The van der Waals surface area contributed by atoms with Gasteiger partial charge in [-0.05, 0) is 48.2 Å².